The smallest absolute Gasteiger partial charge is 0.123 e. The Bertz CT molecular complexity index is 337. The Balaban J connectivity index is 2.57. The molecule has 0 heterocycles. The van der Waals surface area contributed by atoms with E-state index in [0.717, 1.165) is 25.1 Å². The third-order valence-electron chi connectivity index (χ3n) is 3.53. The third kappa shape index (κ3) is 4.39. The van der Waals surface area contributed by atoms with E-state index in [2.05, 4.69) is 38.0 Å². The fourth-order valence-corrected chi connectivity index (χ4v) is 2.25. The van der Waals surface area contributed by atoms with Crippen molar-refractivity contribution in [1.29, 1.82) is 0 Å². The number of hydrogen-bond donors (Lipinski definition) is 1. The van der Waals surface area contributed by atoms with Gasteiger partial charge in [0.25, 0.3) is 0 Å². The van der Waals surface area contributed by atoms with Gasteiger partial charge in [-0.3, -0.25) is 4.90 Å². The number of nitrogens with zero attached hydrogens (tertiary/aromatic N) is 1. The van der Waals surface area contributed by atoms with E-state index in [1.807, 2.05) is 12.1 Å². The molecule has 1 N–H and O–H groups in total. The second kappa shape index (κ2) is 7.49. The zero-order valence-corrected chi connectivity index (χ0v) is 11.9. The van der Waals surface area contributed by atoms with Gasteiger partial charge in [-0.25, -0.2) is 4.39 Å². The number of rotatable bonds is 7. The minimum Gasteiger partial charge on any atom is -0.313 e. The van der Waals surface area contributed by atoms with Crippen molar-refractivity contribution in [3.63, 3.8) is 0 Å². The van der Waals surface area contributed by atoms with Gasteiger partial charge in [0.1, 0.15) is 5.82 Å². The minimum absolute atomic E-state index is 0.173. The second-order valence-corrected chi connectivity index (χ2v) is 4.85. The summed E-state index contributed by atoms with van der Waals surface area (Å²) < 4.78 is 12.8. The first-order valence-electron chi connectivity index (χ1n) is 6.76. The third-order valence-corrected chi connectivity index (χ3v) is 3.53. The molecule has 0 amide bonds. The molecule has 2 unspecified atom stereocenters. The maximum atomic E-state index is 12.8. The SMILES string of the molecule is CCNC(CC)C(C)N(C)Cc1ccc(F)cc1. The topological polar surface area (TPSA) is 15.3 Å². The Morgan fingerprint density at radius 3 is 2.33 bits per heavy atom. The van der Waals surface area contributed by atoms with Crippen LogP contribution in [0.25, 0.3) is 0 Å². The van der Waals surface area contributed by atoms with Gasteiger partial charge in [0.05, 0.1) is 0 Å². The van der Waals surface area contributed by atoms with Crippen molar-refractivity contribution in [2.75, 3.05) is 13.6 Å². The number of likely N-dealkylation sites (N-methyl/N-ethyl adjacent to an activating group) is 2. The van der Waals surface area contributed by atoms with E-state index >= 15 is 0 Å². The molecule has 0 spiro atoms. The Kier molecular flexibility index (Phi) is 6.30. The molecule has 102 valence electrons. The summed E-state index contributed by atoms with van der Waals surface area (Å²) in [6.45, 7) is 8.42. The Labute approximate surface area is 110 Å². The van der Waals surface area contributed by atoms with Crippen molar-refractivity contribution in [2.24, 2.45) is 0 Å². The van der Waals surface area contributed by atoms with Gasteiger partial charge in [-0.05, 0) is 44.6 Å². The molecule has 0 radical (unpaired) electrons. The summed E-state index contributed by atoms with van der Waals surface area (Å²) in [6.07, 6.45) is 1.11. The van der Waals surface area contributed by atoms with Crippen LogP contribution in [0.4, 0.5) is 4.39 Å². The van der Waals surface area contributed by atoms with Crippen molar-refractivity contribution in [3.05, 3.63) is 35.6 Å². The first-order valence-corrected chi connectivity index (χ1v) is 6.76. The minimum atomic E-state index is -0.173. The average Bonchev–Trinajstić information content (AvgIpc) is 2.37. The van der Waals surface area contributed by atoms with Crippen LogP contribution >= 0.6 is 0 Å². The molecule has 0 bridgehead atoms. The van der Waals surface area contributed by atoms with E-state index in [9.17, 15) is 4.39 Å². The average molecular weight is 252 g/mol. The highest BCUT2D eigenvalue weighted by Gasteiger charge is 2.18. The molecular weight excluding hydrogens is 227 g/mol. The lowest BCUT2D eigenvalue weighted by Gasteiger charge is -2.32. The lowest BCUT2D eigenvalue weighted by Crippen LogP contribution is -2.46. The van der Waals surface area contributed by atoms with Crippen molar-refractivity contribution in [1.82, 2.24) is 10.2 Å². The molecule has 0 aliphatic carbocycles. The summed E-state index contributed by atoms with van der Waals surface area (Å²) in [6, 6.07) is 7.71. The van der Waals surface area contributed by atoms with Gasteiger partial charge < -0.3 is 5.32 Å². The highest BCUT2D eigenvalue weighted by atomic mass is 19.1. The van der Waals surface area contributed by atoms with Gasteiger partial charge >= 0.3 is 0 Å². The number of hydrogen-bond acceptors (Lipinski definition) is 2. The van der Waals surface area contributed by atoms with E-state index in [-0.39, 0.29) is 5.82 Å². The fourth-order valence-electron chi connectivity index (χ4n) is 2.25. The molecule has 2 nitrogen and oxygen atoms in total. The molecule has 3 heteroatoms. The van der Waals surface area contributed by atoms with Crippen LogP contribution in [-0.2, 0) is 6.54 Å². The largest absolute Gasteiger partial charge is 0.313 e. The lowest BCUT2D eigenvalue weighted by atomic mass is 10.1. The summed E-state index contributed by atoms with van der Waals surface area (Å²) >= 11 is 0. The van der Waals surface area contributed by atoms with Crippen LogP contribution in [0.5, 0.6) is 0 Å². The van der Waals surface area contributed by atoms with Crippen molar-refractivity contribution >= 4 is 0 Å². The summed E-state index contributed by atoms with van der Waals surface area (Å²) in [5.41, 5.74) is 1.15. The molecular formula is C15H25FN2. The highest BCUT2D eigenvalue weighted by Crippen LogP contribution is 2.11. The number of nitrogens with one attached hydrogen (secondary N) is 1. The highest BCUT2D eigenvalue weighted by molar-refractivity contribution is 5.15. The van der Waals surface area contributed by atoms with Gasteiger partial charge in [-0.15, -0.1) is 0 Å². The molecule has 1 aromatic rings. The molecule has 0 fully saturated rings. The lowest BCUT2D eigenvalue weighted by molar-refractivity contribution is 0.196. The van der Waals surface area contributed by atoms with Crippen LogP contribution in [0.1, 0.15) is 32.8 Å². The molecule has 0 saturated heterocycles. The van der Waals surface area contributed by atoms with E-state index in [1.165, 1.54) is 12.1 Å². The molecule has 18 heavy (non-hydrogen) atoms. The number of halogens is 1. The van der Waals surface area contributed by atoms with Crippen LogP contribution in [0.2, 0.25) is 0 Å². The van der Waals surface area contributed by atoms with Crippen molar-refractivity contribution in [3.8, 4) is 0 Å². The Hall–Kier alpha value is -0.930. The molecule has 0 saturated carbocycles. The van der Waals surface area contributed by atoms with Crippen molar-refractivity contribution < 1.29 is 4.39 Å². The molecule has 0 aliphatic heterocycles. The standard InChI is InChI=1S/C15H25FN2/c1-5-15(17-6-2)12(3)18(4)11-13-7-9-14(16)10-8-13/h7-10,12,15,17H,5-6,11H2,1-4H3. The van der Waals surface area contributed by atoms with Crippen molar-refractivity contribution in [2.45, 2.75) is 45.8 Å². The molecule has 1 rings (SSSR count). The molecule has 0 aromatic heterocycles. The Morgan fingerprint density at radius 2 is 1.83 bits per heavy atom. The monoisotopic (exact) mass is 252 g/mol. The quantitative estimate of drug-likeness (QED) is 0.802. The van der Waals surface area contributed by atoms with Crippen LogP contribution in [-0.4, -0.2) is 30.6 Å². The number of benzene rings is 1. The summed E-state index contributed by atoms with van der Waals surface area (Å²) in [5.74, 6) is -0.173. The first-order chi connectivity index (χ1) is 8.58. The van der Waals surface area contributed by atoms with Gasteiger partial charge in [0, 0.05) is 18.6 Å². The molecule has 2 atom stereocenters. The van der Waals surface area contributed by atoms with E-state index in [1.54, 1.807) is 0 Å². The second-order valence-electron chi connectivity index (χ2n) is 4.85. The maximum absolute atomic E-state index is 12.8. The first kappa shape index (κ1) is 15.1. The summed E-state index contributed by atoms with van der Waals surface area (Å²) in [5, 5.41) is 3.51. The van der Waals surface area contributed by atoms with Gasteiger partial charge in [0.15, 0.2) is 0 Å². The molecule has 1 aromatic carbocycles. The zero-order valence-electron chi connectivity index (χ0n) is 11.9. The predicted octanol–water partition coefficient (Wildman–Crippen LogP) is 3.03. The van der Waals surface area contributed by atoms with Crippen LogP contribution in [0, 0.1) is 5.82 Å². The summed E-state index contributed by atoms with van der Waals surface area (Å²) in [4.78, 5) is 2.31. The Morgan fingerprint density at radius 1 is 1.22 bits per heavy atom. The fraction of sp³-hybridized carbons (Fsp3) is 0.600. The van der Waals surface area contributed by atoms with E-state index in [0.29, 0.717) is 12.1 Å². The predicted molar refractivity (Wildman–Crippen MR) is 75.1 cm³/mol. The summed E-state index contributed by atoms with van der Waals surface area (Å²) in [7, 11) is 2.12. The maximum Gasteiger partial charge on any atom is 0.123 e. The normalized spacial score (nSPS) is 14.8. The molecule has 0 aliphatic rings. The van der Waals surface area contributed by atoms with E-state index in [4.69, 9.17) is 0 Å². The van der Waals surface area contributed by atoms with Gasteiger partial charge in [-0.1, -0.05) is 26.0 Å². The van der Waals surface area contributed by atoms with Crippen LogP contribution in [0.15, 0.2) is 24.3 Å². The van der Waals surface area contributed by atoms with Gasteiger partial charge in [-0.2, -0.15) is 0 Å². The van der Waals surface area contributed by atoms with Crippen LogP contribution < -0.4 is 5.32 Å². The van der Waals surface area contributed by atoms with Crippen LogP contribution in [0.3, 0.4) is 0 Å². The van der Waals surface area contributed by atoms with E-state index < -0.39 is 0 Å². The van der Waals surface area contributed by atoms with Gasteiger partial charge in [0.2, 0.25) is 0 Å². The zero-order chi connectivity index (χ0) is 13.5.